The zero-order valence-corrected chi connectivity index (χ0v) is 13.4. The van der Waals surface area contributed by atoms with E-state index in [0.717, 1.165) is 37.3 Å². The van der Waals surface area contributed by atoms with Crippen LogP contribution in [0.15, 0.2) is 0 Å². The third-order valence-electron chi connectivity index (χ3n) is 5.79. The monoisotopic (exact) mass is 267 g/mol. The lowest BCUT2D eigenvalue weighted by molar-refractivity contribution is -0.0614. The maximum absolute atomic E-state index is 6.12. The molecule has 2 fully saturated rings. The molecule has 2 rings (SSSR count). The summed E-state index contributed by atoms with van der Waals surface area (Å²) in [5, 5.41) is 3.72. The Morgan fingerprint density at radius 2 is 2.00 bits per heavy atom. The lowest BCUT2D eigenvalue weighted by Crippen LogP contribution is -2.51. The van der Waals surface area contributed by atoms with Gasteiger partial charge in [0.2, 0.25) is 0 Å². The van der Waals surface area contributed by atoms with E-state index < -0.39 is 0 Å². The van der Waals surface area contributed by atoms with Crippen LogP contribution in [-0.4, -0.2) is 24.8 Å². The molecule has 0 aromatic heterocycles. The maximum Gasteiger partial charge on any atom is 0.0804 e. The third-order valence-corrected chi connectivity index (χ3v) is 5.79. The Morgan fingerprint density at radius 3 is 2.47 bits per heavy atom. The Balaban J connectivity index is 1.98. The summed E-state index contributed by atoms with van der Waals surface area (Å²) < 4.78 is 6.12. The fourth-order valence-corrected chi connectivity index (χ4v) is 4.54. The lowest BCUT2D eigenvalue weighted by atomic mass is 9.79. The number of nitrogens with one attached hydrogen (secondary N) is 1. The minimum absolute atomic E-state index is 0.00654. The molecule has 2 nitrogen and oxygen atoms in total. The largest absolute Gasteiger partial charge is 0.374 e. The van der Waals surface area contributed by atoms with Crippen LogP contribution in [0.1, 0.15) is 66.2 Å². The molecule has 5 unspecified atom stereocenters. The third kappa shape index (κ3) is 3.33. The van der Waals surface area contributed by atoms with E-state index in [0.29, 0.717) is 6.04 Å². The van der Waals surface area contributed by atoms with E-state index in [4.69, 9.17) is 4.74 Å². The van der Waals surface area contributed by atoms with Gasteiger partial charge in [-0.1, -0.05) is 20.3 Å². The van der Waals surface area contributed by atoms with Crippen molar-refractivity contribution in [3.63, 3.8) is 0 Å². The van der Waals surface area contributed by atoms with Gasteiger partial charge in [-0.25, -0.2) is 0 Å². The van der Waals surface area contributed by atoms with Gasteiger partial charge in [0, 0.05) is 12.6 Å². The highest BCUT2D eigenvalue weighted by Gasteiger charge is 2.43. The molecule has 2 saturated carbocycles. The average molecular weight is 267 g/mol. The van der Waals surface area contributed by atoms with Crippen LogP contribution in [-0.2, 0) is 4.74 Å². The van der Waals surface area contributed by atoms with E-state index >= 15 is 0 Å². The SMILES string of the molecule is CCNC(CC1CC2CCC1C2)C(C)(CC)OCC. The van der Waals surface area contributed by atoms with Gasteiger partial charge in [0.1, 0.15) is 0 Å². The number of ether oxygens (including phenoxy) is 1. The highest BCUT2D eigenvalue weighted by molar-refractivity contribution is 4.96. The number of hydrogen-bond acceptors (Lipinski definition) is 2. The van der Waals surface area contributed by atoms with Crippen molar-refractivity contribution in [3.05, 3.63) is 0 Å². The molecule has 2 heteroatoms. The van der Waals surface area contributed by atoms with Crippen molar-refractivity contribution >= 4 is 0 Å². The highest BCUT2D eigenvalue weighted by Crippen LogP contribution is 2.50. The van der Waals surface area contributed by atoms with Gasteiger partial charge in [0.15, 0.2) is 0 Å². The molecule has 2 bridgehead atoms. The van der Waals surface area contributed by atoms with Gasteiger partial charge in [-0.3, -0.25) is 0 Å². The molecule has 2 aliphatic rings. The first-order valence-electron chi connectivity index (χ1n) is 8.50. The van der Waals surface area contributed by atoms with Gasteiger partial charge in [0.25, 0.3) is 0 Å². The van der Waals surface area contributed by atoms with Gasteiger partial charge in [0.05, 0.1) is 5.60 Å². The molecule has 2 aliphatic carbocycles. The molecule has 0 aromatic carbocycles. The molecule has 0 amide bonds. The topological polar surface area (TPSA) is 21.3 Å². The molecule has 0 radical (unpaired) electrons. The Labute approximate surface area is 119 Å². The van der Waals surface area contributed by atoms with E-state index in [1.165, 1.54) is 32.1 Å². The van der Waals surface area contributed by atoms with E-state index in [1.54, 1.807) is 0 Å². The molecule has 0 heterocycles. The van der Waals surface area contributed by atoms with Crippen LogP contribution in [0.4, 0.5) is 0 Å². The van der Waals surface area contributed by atoms with Gasteiger partial charge in [-0.15, -0.1) is 0 Å². The molecular weight excluding hydrogens is 234 g/mol. The molecule has 0 aromatic rings. The van der Waals surface area contributed by atoms with Crippen LogP contribution in [0.25, 0.3) is 0 Å². The summed E-state index contributed by atoms with van der Waals surface area (Å²) in [7, 11) is 0. The second kappa shape index (κ2) is 6.58. The summed E-state index contributed by atoms with van der Waals surface area (Å²) >= 11 is 0. The minimum atomic E-state index is 0.00654. The Bertz CT molecular complexity index is 280. The van der Waals surface area contributed by atoms with Crippen LogP contribution >= 0.6 is 0 Å². The van der Waals surface area contributed by atoms with Gasteiger partial charge in [-0.2, -0.15) is 0 Å². The molecule has 112 valence electrons. The number of likely N-dealkylation sites (N-methyl/N-ethyl adjacent to an activating group) is 1. The van der Waals surface area contributed by atoms with Crippen LogP contribution in [0.3, 0.4) is 0 Å². The average Bonchev–Trinajstić information content (AvgIpc) is 3.00. The zero-order chi connectivity index (χ0) is 13.9. The van der Waals surface area contributed by atoms with Crippen molar-refractivity contribution < 1.29 is 4.74 Å². The summed E-state index contributed by atoms with van der Waals surface area (Å²) in [6, 6.07) is 0.520. The van der Waals surface area contributed by atoms with Crippen LogP contribution < -0.4 is 5.32 Å². The summed E-state index contributed by atoms with van der Waals surface area (Å²) in [6.07, 6.45) is 8.41. The summed E-state index contributed by atoms with van der Waals surface area (Å²) in [4.78, 5) is 0. The van der Waals surface area contributed by atoms with E-state index in [-0.39, 0.29) is 5.60 Å². The predicted octanol–water partition coefficient (Wildman–Crippen LogP) is 4.00. The van der Waals surface area contributed by atoms with Gasteiger partial charge < -0.3 is 10.1 Å². The molecule has 0 spiro atoms. The van der Waals surface area contributed by atoms with Crippen molar-refractivity contribution in [1.82, 2.24) is 5.32 Å². The Kier molecular flexibility index (Phi) is 5.30. The van der Waals surface area contributed by atoms with Crippen molar-refractivity contribution in [3.8, 4) is 0 Å². The number of hydrogen-bond donors (Lipinski definition) is 1. The van der Waals surface area contributed by atoms with Crippen molar-refractivity contribution in [2.24, 2.45) is 17.8 Å². The van der Waals surface area contributed by atoms with Crippen LogP contribution in [0.5, 0.6) is 0 Å². The molecule has 0 aliphatic heterocycles. The second-order valence-electron chi connectivity index (χ2n) is 6.88. The first-order chi connectivity index (χ1) is 9.12. The summed E-state index contributed by atoms with van der Waals surface area (Å²) in [6.45, 7) is 10.8. The zero-order valence-electron chi connectivity index (χ0n) is 13.4. The second-order valence-corrected chi connectivity index (χ2v) is 6.88. The van der Waals surface area contributed by atoms with Crippen LogP contribution in [0, 0.1) is 17.8 Å². The van der Waals surface area contributed by atoms with Gasteiger partial charge in [-0.05, 0) is 70.3 Å². The molecule has 19 heavy (non-hydrogen) atoms. The van der Waals surface area contributed by atoms with E-state index in [2.05, 4.69) is 33.0 Å². The van der Waals surface area contributed by atoms with Crippen molar-refractivity contribution in [2.75, 3.05) is 13.2 Å². The standard InChI is InChI=1S/C17H33NO/c1-5-17(4,19-7-3)16(18-6-2)12-15-11-13-8-9-14(15)10-13/h13-16,18H,5-12H2,1-4H3. The normalized spacial score (nSPS) is 34.4. The van der Waals surface area contributed by atoms with Gasteiger partial charge >= 0.3 is 0 Å². The van der Waals surface area contributed by atoms with Crippen LogP contribution in [0.2, 0.25) is 0 Å². The fourth-order valence-electron chi connectivity index (χ4n) is 4.54. The summed E-state index contributed by atoms with van der Waals surface area (Å²) in [5.74, 6) is 3.03. The molecule has 1 N–H and O–H groups in total. The quantitative estimate of drug-likeness (QED) is 0.718. The molecule has 0 saturated heterocycles. The lowest BCUT2D eigenvalue weighted by Gasteiger charge is -2.40. The Hall–Kier alpha value is -0.0800. The Morgan fingerprint density at radius 1 is 1.21 bits per heavy atom. The first-order valence-corrected chi connectivity index (χ1v) is 8.50. The number of fused-ring (bicyclic) bond motifs is 2. The van der Waals surface area contributed by atoms with Crippen molar-refractivity contribution in [1.29, 1.82) is 0 Å². The predicted molar refractivity (Wildman–Crippen MR) is 81.3 cm³/mol. The van der Waals surface area contributed by atoms with E-state index in [1.807, 2.05) is 0 Å². The summed E-state index contributed by atoms with van der Waals surface area (Å²) in [5.41, 5.74) is 0.00654. The maximum atomic E-state index is 6.12. The molecule has 5 atom stereocenters. The van der Waals surface area contributed by atoms with E-state index in [9.17, 15) is 0 Å². The highest BCUT2D eigenvalue weighted by atomic mass is 16.5. The van der Waals surface area contributed by atoms with Crippen molar-refractivity contribution in [2.45, 2.75) is 77.9 Å². The fraction of sp³-hybridized carbons (Fsp3) is 1.00. The molecular formula is C17H33NO. The minimum Gasteiger partial charge on any atom is -0.374 e. The first kappa shape index (κ1) is 15.3. The number of rotatable bonds is 8. The smallest absolute Gasteiger partial charge is 0.0804 e.